The average molecular weight is 269 g/mol. The van der Waals surface area contributed by atoms with Crippen LogP contribution in [0.1, 0.15) is 10.6 Å². The second kappa shape index (κ2) is 4.37. The second-order valence-electron chi connectivity index (χ2n) is 3.94. The highest BCUT2D eigenvalue weighted by atomic mass is 35.5. The second-order valence-corrected chi connectivity index (χ2v) is 5.43. The lowest BCUT2D eigenvalue weighted by atomic mass is 10.2. The Labute approximate surface area is 107 Å². The maximum absolute atomic E-state index is 13.0. The molecule has 0 fully saturated rings. The molecule has 0 spiro atoms. The van der Waals surface area contributed by atoms with Crippen LogP contribution in [0.2, 0.25) is 5.02 Å². The van der Waals surface area contributed by atoms with Gasteiger partial charge in [-0.1, -0.05) is 11.6 Å². The Kier molecular flexibility index (Phi) is 2.86. The van der Waals surface area contributed by atoms with Crippen LogP contribution in [0.25, 0.3) is 10.6 Å². The van der Waals surface area contributed by atoms with E-state index in [4.69, 9.17) is 11.6 Å². The molecule has 0 saturated carbocycles. The zero-order valence-corrected chi connectivity index (χ0v) is 10.5. The molecular formula is C12H10ClFN2S. The van der Waals surface area contributed by atoms with Crippen LogP contribution in [0.4, 0.5) is 4.39 Å². The first-order valence-corrected chi connectivity index (χ1v) is 6.58. The number of nitrogens with zero attached hydrogens (tertiary/aromatic N) is 1. The first kappa shape index (κ1) is 11.1. The Bertz CT molecular complexity index is 544. The van der Waals surface area contributed by atoms with E-state index in [9.17, 15) is 4.39 Å². The van der Waals surface area contributed by atoms with Gasteiger partial charge in [-0.3, -0.25) is 0 Å². The molecule has 0 amide bonds. The van der Waals surface area contributed by atoms with Crippen LogP contribution in [0.3, 0.4) is 0 Å². The van der Waals surface area contributed by atoms with Gasteiger partial charge in [-0.25, -0.2) is 9.37 Å². The van der Waals surface area contributed by atoms with Crippen molar-refractivity contribution in [3.63, 3.8) is 0 Å². The highest BCUT2D eigenvalue weighted by Crippen LogP contribution is 2.34. The van der Waals surface area contributed by atoms with E-state index in [1.165, 1.54) is 17.0 Å². The van der Waals surface area contributed by atoms with Crippen molar-refractivity contribution in [2.45, 2.75) is 13.0 Å². The summed E-state index contributed by atoms with van der Waals surface area (Å²) in [6.07, 6.45) is 0.949. The average Bonchev–Trinajstić information content (AvgIpc) is 2.72. The van der Waals surface area contributed by atoms with Gasteiger partial charge < -0.3 is 5.32 Å². The van der Waals surface area contributed by atoms with Gasteiger partial charge in [0.2, 0.25) is 0 Å². The summed E-state index contributed by atoms with van der Waals surface area (Å²) in [6.45, 7) is 1.83. The molecule has 88 valence electrons. The normalized spacial score (nSPS) is 14.7. The number of fused-ring (bicyclic) bond motifs is 1. The molecular weight excluding hydrogens is 259 g/mol. The fourth-order valence-corrected chi connectivity index (χ4v) is 3.33. The van der Waals surface area contributed by atoms with Crippen LogP contribution < -0.4 is 5.32 Å². The van der Waals surface area contributed by atoms with Gasteiger partial charge in [-0.15, -0.1) is 11.3 Å². The molecule has 0 atom stereocenters. The van der Waals surface area contributed by atoms with E-state index in [0.717, 1.165) is 35.8 Å². The molecule has 1 N–H and O–H groups in total. The monoisotopic (exact) mass is 268 g/mol. The van der Waals surface area contributed by atoms with Crippen LogP contribution in [0.15, 0.2) is 18.2 Å². The van der Waals surface area contributed by atoms with Crippen LogP contribution >= 0.6 is 22.9 Å². The van der Waals surface area contributed by atoms with E-state index in [2.05, 4.69) is 10.3 Å². The largest absolute Gasteiger partial charge is 0.311 e. The smallest absolute Gasteiger partial charge is 0.125 e. The first-order valence-electron chi connectivity index (χ1n) is 5.39. The Hall–Kier alpha value is -0.970. The van der Waals surface area contributed by atoms with E-state index >= 15 is 0 Å². The van der Waals surface area contributed by atoms with Gasteiger partial charge in [0.25, 0.3) is 0 Å². The molecule has 3 rings (SSSR count). The predicted octanol–water partition coefficient (Wildman–Crippen LogP) is 3.25. The van der Waals surface area contributed by atoms with E-state index in [1.54, 1.807) is 17.4 Å². The van der Waals surface area contributed by atoms with Crippen molar-refractivity contribution in [1.82, 2.24) is 10.3 Å². The number of thiazole rings is 1. The van der Waals surface area contributed by atoms with Crippen LogP contribution in [0, 0.1) is 5.82 Å². The Balaban J connectivity index is 2.06. The van der Waals surface area contributed by atoms with E-state index in [1.807, 2.05) is 0 Å². The summed E-state index contributed by atoms with van der Waals surface area (Å²) in [5, 5.41) is 4.61. The molecule has 0 radical (unpaired) electrons. The molecule has 0 unspecified atom stereocenters. The molecule has 17 heavy (non-hydrogen) atoms. The highest BCUT2D eigenvalue weighted by Gasteiger charge is 2.17. The fourth-order valence-electron chi connectivity index (χ4n) is 1.90. The standard InChI is InChI=1S/C12H10ClFN2S/c13-9-5-7(14)1-2-8(9)12-16-10-3-4-15-6-11(10)17-12/h1-2,5,15H,3-4,6H2. The van der Waals surface area contributed by atoms with Crippen molar-refractivity contribution in [2.24, 2.45) is 0 Å². The number of hydrogen-bond donors (Lipinski definition) is 1. The summed E-state index contributed by atoms with van der Waals surface area (Å²) >= 11 is 7.67. The summed E-state index contributed by atoms with van der Waals surface area (Å²) in [6, 6.07) is 4.44. The van der Waals surface area contributed by atoms with Crippen molar-refractivity contribution < 1.29 is 4.39 Å². The van der Waals surface area contributed by atoms with Crippen molar-refractivity contribution >= 4 is 22.9 Å². The molecule has 1 aromatic heterocycles. The topological polar surface area (TPSA) is 24.9 Å². The van der Waals surface area contributed by atoms with Crippen molar-refractivity contribution in [3.05, 3.63) is 39.6 Å². The predicted molar refractivity (Wildman–Crippen MR) is 67.9 cm³/mol. The van der Waals surface area contributed by atoms with Crippen molar-refractivity contribution in [3.8, 4) is 10.6 Å². The minimum atomic E-state index is -0.318. The molecule has 0 saturated heterocycles. The number of aromatic nitrogens is 1. The number of benzene rings is 1. The zero-order chi connectivity index (χ0) is 11.8. The summed E-state index contributed by atoms with van der Waals surface area (Å²) in [4.78, 5) is 5.84. The van der Waals surface area contributed by atoms with Crippen molar-refractivity contribution in [2.75, 3.05) is 6.54 Å². The van der Waals surface area contributed by atoms with E-state index in [0.29, 0.717) is 5.02 Å². The molecule has 5 heteroatoms. The van der Waals surface area contributed by atoms with Gasteiger partial charge in [0.1, 0.15) is 10.8 Å². The van der Waals surface area contributed by atoms with Crippen LogP contribution in [-0.4, -0.2) is 11.5 Å². The minimum absolute atomic E-state index is 0.318. The van der Waals surface area contributed by atoms with Crippen LogP contribution in [-0.2, 0) is 13.0 Å². The number of nitrogens with one attached hydrogen (secondary N) is 1. The van der Waals surface area contributed by atoms with Crippen molar-refractivity contribution in [1.29, 1.82) is 0 Å². The van der Waals surface area contributed by atoms with Crippen LogP contribution in [0.5, 0.6) is 0 Å². The summed E-state index contributed by atoms with van der Waals surface area (Å²) in [7, 11) is 0. The minimum Gasteiger partial charge on any atom is -0.311 e. The Morgan fingerprint density at radius 2 is 2.29 bits per heavy atom. The molecule has 0 bridgehead atoms. The molecule has 1 aromatic carbocycles. The Morgan fingerprint density at radius 1 is 1.41 bits per heavy atom. The molecule has 2 nitrogen and oxygen atoms in total. The lowest BCUT2D eigenvalue weighted by Crippen LogP contribution is -2.22. The molecule has 1 aliphatic heterocycles. The maximum Gasteiger partial charge on any atom is 0.125 e. The fraction of sp³-hybridized carbons (Fsp3) is 0.250. The molecule has 2 aromatic rings. The first-order chi connectivity index (χ1) is 8.24. The SMILES string of the molecule is Fc1ccc(-c2nc3c(s2)CNCC3)c(Cl)c1. The number of halogens is 2. The maximum atomic E-state index is 13.0. The lowest BCUT2D eigenvalue weighted by Gasteiger charge is -2.09. The van der Waals surface area contributed by atoms with Gasteiger partial charge in [0.15, 0.2) is 0 Å². The highest BCUT2D eigenvalue weighted by molar-refractivity contribution is 7.15. The van der Waals surface area contributed by atoms with Gasteiger partial charge in [-0.2, -0.15) is 0 Å². The third-order valence-corrected chi connectivity index (χ3v) is 4.21. The molecule has 2 heterocycles. The van der Waals surface area contributed by atoms with E-state index < -0.39 is 0 Å². The van der Waals surface area contributed by atoms with Gasteiger partial charge in [0, 0.05) is 30.0 Å². The third kappa shape index (κ3) is 2.08. The number of rotatable bonds is 1. The lowest BCUT2D eigenvalue weighted by molar-refractivity contribution is 0.628. The summed E-state index contributed by atoms with van der Waals surface area (Å²) in [5.41, 5.74) is 1.96. The van der Waals surface area contributed by atoms with Gasteiger partial charge in [0.05, 0.1) is 10.7 Å². The number of hydrogen-bond acceptors (Lipinski definition) is 3. The third-order valence-electron chi connectivity index (χ3n) is 2.76. The van der Waals surface area contributed by atoms with Gasteiger partial charge in [-0.05, 0) is 18.2 Å². The zero-order valence-electron chi connectivity index (χ0n) is 8.96. The van der Waals surface area contributed by atoms with E-state index in [-0.39, 0.29) is 5.82 Å². The summed E-state index contributed by atoms with van der Waals surface area (Å²) < 4.78 is 13.0. The molecule has 0 aliphatic carbocycles. The molecule has 1 aliphatic rings. The summed E-state index contributed by atoms with van der Waals surface area (Å²) in [5.74, 6) is -0.318. The Morgan fingerprint density at radius 3 is 3.06 bits per heavy atom. The quantitative estimate of drug-likeness (QED) is 0.859. The van der Waals surface area contributed by atoms with Gasteiger partial charge >= 0.3 is 0 Å².